The molecule has 0 aliphatic rings. The van der Waals surface area contributed by atoms with E-state index in [1.54, 1.807) is 0 Å². The van der Waals surface area contributed by atoms with E-state index in [9.17, 15) is 0 Å². The minimum Gasteiger partial charge on any atom is -0.396 e. The molecule has 3 nitrogen and oxygen atoms in total. The summed E-state index contributed by atoms with van der Waals surface area (Å²) in [6.45, 7) is 4.74. The van der Waals surface area contributed by atoms with Gasteiger partial charge in [-0.05, 0) is 58.3 Å². The largest absolute Gasteiger partial charge is 0.396 e. The molecule has 3 heteroatoms. The second-order valence-electron chi connectivity index (χ2n) is 4.19. The maximum absolute atomic E-state index is 8.79. The lowest BCUT2D eigenvalue weighted by Crippen LogP contribution is -2.25. The molecule has 86 valence electrons. The van der Waals surface area contributed by atoms with Crippen LogP contribution in [-0.2, 0) is 0 Å². The van der Waals surface area contributed by atoms with Gasteiger partial charge in [0.2, 0.25) is 0 Å². The second-order valence-corrected chi connectivity index (χ2v) is 4.19. The van der Waals surface area contributed by atoms with Crippen LogP contribution in [0.2, 0.25) is 0 Å². The van der Waals surface area contributed by atoms with E-state index in [1.165, 1.54) is 6.42 Å². The summed E-state index contributed by atoms with van der Waals surface area (Å²) < 4.78 is 0. The highest BCUT2D eigenvalue weighted by atomic mass is 16.2. The number of nitrogens with one attached hydrogen (secondary N) is 2. The smallest absolute Gasteiger partial charge is 0.0431 e. The van der Waals surface area contributed by atoms with Crippen molar-refractivity contribution < 1.29 is 5.11 Å². The number of hydrogen-bond donors (Lipinski definition) is 3. The van der Waals surface area contributed by atoms with E-state index in [2.05, 4.69) is 17.6 Å². The molecule has 0 saturated heterocycles. The third kappa shape index (κ3) is 7.30. The number of aliphatic hydroxyl groups excluding tert-OH is 1. The third-order valence-corrected chi connectivity index (χ3v) is 2.55. The minimum absolute atomic E-state index is 0.320. The first-order valence-corrected chi connectivity index (χ1v) is 5.64. The van der Waals surface area contributed by atoms with Crippen molar-refractivity contribution in [1.29, 1.82) is 0 Å². The van der Waals surface area contributed by atoms with Gasteiger partial charge in [-0.15, -0.1) is 0 Å². The summed E-state index contributed by atoms with van der Waals surface area (Å²) in [5.41, 5.74) is 0. The lowest BCUT2D eigenvalue weighted by molar-refractivity contribution is 0.259. The van der Waals surface area contributed by atoms with E-state index in [-0.39, 0.29) is 0 Å². The van der Waals surface area contributed by atoms with Gasteiger partial charge in [-0.1, -0.05) is 6.92 Å². The molecule has 0 fully saturated rings. The van der Waals surface area contributed by atoms with Gasteiger partial charge < -0.3 is 15.7 Å². The average molecular weight is 202 g/mol. The molecule has 0 aromatic heterocycles. The van der Waals surface area contributed by atoms with Crippen LogP contribution >= 0.6 is 0 Å². The van der Waals surface area contributed by atoms with Gasteiger partial charge in [0.05, 0.1) is 0 Å². The molecule has 2 atom stereocenters. The van der Waals surface area contributed by atoms with Gasteiger partial charge in [-0.25, -0.2) is 0 Å². The number of rotatable bonds is 9. The van der Waals surface area contributed by atoms with Crippen LogP contribution < -0.4 is 10.6 Å². The Morgan fingerprint density at radius 1 is 1.14 bits per heavy atom. The summed E-state index contributed by atoms with van der Waals surface area (Å²) in [7, 11) is 3.99. The van der Waals surface area contributed by atoms with Crippen molar-refractivity contribution in [1.82, 2.24) is 10.6 Å². The van der Waals surface area contributed by atoms with Crippen molar-refractivity contribution in [3.8, 4) is 0 Å². The highest BCUT2D eigenvalue weighted by Gasteiger charge is 2.11. The van der Waals surface area contributed by atoms with E-state index >= 15 is 0 Å². The van der Waals surface area contributed by atoms with E-state index in [4.69, 9.17) is 5.11 Å². The summed E-state index contributed by atoms with van der Waals surface area (Å²) in [4.78, 5) is 0. The first kappa shape index (κ1) is 13.9. The Labute approximate surface area is 88.3 Å². The van der Waals surface area contributed by atoms with E-state index < -0.39 is 0 Å². The summed E-state index contributed by atoms with van der Waals surface area (Å²) in [5, 5.41) is 15.2. The van der Waals surface area contributed by atoms with E-state index in [0.29, 0.717) is 12.5 Å². The van der Waals surface area contributed by atoms with Crippen LogP contribution in [-0.4, -0.2) is 38.9 Å². The lowest BCUT2D eigenvalue weighted by atomic mass is 9.92. The Hall–Kier alpha value is -0.120. The van der Waals surface area contributed by atoms with Crippen molar-refractivity contribution in [3.63, 3.8) is 0 Å². The summed E-state index contributed by atoms with van der Waals surface area (Å²) >= 11 is 0. The third-order valence-electron chi connectivity index (χ3n) is 2.55. The number of hydrogen-bond acceptors (Lipinski definition) is 3. The van der Waals surface area contributed by atoms with Crippen molar-refractivity contribution >= 4 is 0 Å². The molecule has 0 aliphatic heterocycles. The van der Waals surface area contributed by atoms with Crippen LogP contribution in [0.25, 0.3) is 0 Å². The molecule has 0 bridgehead atoms. The highest BCUT2D eigenvalue weighted by molar-refractivity contribution is 4.66. The van der Waals surface area contributed by atoms with Gasteiger partial charge in [-0.2, -0.15) is 0 Å². The van der Waals surface area contributed by atoms with Crippen molar-refractivity contribution in [2.45, 2.75) is 26.2 Å². The van der Waals surface area contributed by atoms with E-state index in [1.807, 2.05) is 14.1 Å². The summed E-state index contributed by atoms with van der Waals surface area (Å²) in [6, 6.07) is 0. The monoisotopic (exact) mass is 202 g/mol. The molecular weight excluding hydrogens is 176 g/mol. The molecule has 2 unspecified atom stereocenters. The molecule has 0 aromatic carbocycles. The number of aliphatic hydroxyl groups is 1. The fourth-order valence-corrected chi connectivity index (χ4v) is 1.97. The Morgan fingerprint density at radius 3 is 2.29 bits per heavy atom. The summed E-state index contributed by atoms with van der Waals surface area (Å²) in [5.74, 6) is 1.42. The SMILES string of the molecule is CNCC(C)CC(CCCO)CNC. The first-order valence-electron chi connectivity index (χ1n) is 5.64. The van der Waals surface area contributed by atoms with Gasteiger partial charge in [0.1, 0.15) is 0 Å². The van der Waals surface area contributed by atoms with Gasteiger partial charge in [-0.3, -0.25) is 0 Å². The maximum Gasteiger partial charge on any atom is 0.0431 e. The average Bonchev–Trinajstić information content (AvgIpc) is 2.15. The Kier molecular flexibility index (Phi) is 9.35. The molecule has 0 heterocycles. The van der Waals surface area contributed by atoms with Gasteiger partial charge in [0, 0.05) is 6.61 Å². The minimum atomic E-state index is 0.320. The zero-order valence-electron chi connectivity index (χ0n) is 9.84. The molecule has 3 N–H and O–H groups in total. The van der Waals surface area contributed by atoms with Crippen molar-refractivity contribution in [2.75, 3.05) is 33.8 Å². The van der Waals surface area contributed by atoms with Gasteiger partial charge >= 0.3 is 0 Å². The van der Waals surface area contributed by atoms with Crippen LogP contribution in [0.5, 0.6) is 0 Å². The Balaban J connectivity index is 3.69. The standard InChI is InChI=1S/C11H26N2O/c1-10(8-12-2)7-11(9-13-3)5-4-6-14/h10-14H,4-9H2,1-3H3. The fourth-order valence-electron chi connectivity index (χ4n) is 1.97. The highest BCUT2D eigenvalue weighted by Crippen LogP contribution is 2.16. The topological polar surface area (TPSA) is 44.3 Å². The molecule has 0 spiro atoms. The molecule has 14 heavy (non-hydrogen) atoms. The normalized spacial score (nSPS) is 15.4. The lowest BCUT2D eigenvalue weighted by Gasteiger charge is -2.20. The summed E-state index contributed by atoms with van der Waals surface area (Å²) in [6.07, 6.45) is 3.30. The predicted octanol–water partition coefficient (Wildman–Crippen LogP) is 0.840. The molecule has 0 rings (SSSR count). The van der Waals surface area contributed by atoms with E-state index in [0.717, 1.165) is 31.8 Å². The molecular formula is C11H26N2O. The second kappa shape index (κ2) is 9.44. The molecule has 0 aliphatic carbocycles. The first-order chi connectivity index (χ1) is 6.74. The zero-order chi connectivity index (χ0) is 10.8. The predicted molar refractivity (Wildman–Crippen MR) is 61.4 cm³/mol. The Bertz CT molecular complexity index is 120. The zero-order valence-corrected chi connectivity index (χ0v) is 9.84. The van der Waals surface area contributed by atoms with Crippen LogP contribution in [0.15, 0.2) is 0 Å². The maximum atomic E-state index is 8.79. The van der Waals surface area contributed by atoms with Crippen LogP contribution in [0, 0.1) is 11.8 Å². The van der Waals surface area contributed by atoms with Crippen molar-refractivity contribution in [3.05, 3.63) is 0 Å². The van der Waals surface area contributed by atoms with Crippen molar-refractivity contribution in [2.24, 2.45) is 11.8 Å². The molecule has 0 amide bonds. The van der Waals surface area contributed by atoms with Gasteiger partial charge in [0.25, 0.3) is 0 Å². The Morgan fingerprint density at radius 2 is 1.79 bits per heavy atom. The quantitative estimate of drug-likeness (QED) is 0.519. The van der Waals surface area contributed by atoms with Crippen LogP contribution in [0.4, 0.5) is 0 Å². The van der Waals surface area contributed by atoms with Crippen LogP contribution in [0.1, 0.15) is 26.2 Å². The molecule has 0 radical (unpaired) electrons. The van der Waals surface area contributed by atoms with Crippen LogP contribution in [0.3, 0.4) is 0 Å². The fraction of sp³-hybridized carbons (Fsp3) is 1.00. The van der Waals surface area contributed by atoms with Gasteiger partial charge in [0.15, 0.2) is 0 Å². The molecule has 0 aromatic rings. The molecule has 0 saturated carbocycles.